The molecule has 0 spiro atoms. The van der Waals surface area contributed by atoms with Crippen LogP contribution < -0.4 is 320 Å². The number of methoxy groups -OCH3 is 1. The Labute approximate surface area is 793 Å². The van der Waals surface area contributed by atoms with Gasteiger partial charge in [-0.3, -0.25) is 20.9 Å². The summed E-state index contributed by atoms with van der Waals surface area (Å²) in [6.45, 7) is -5.44. The normalized spacial score (nSPS) is 34.8. The zero-order valence-electron chi connectivity index (χ0n) is 53.6. The Morgan fingerprint density at radius 1 is 0.337 bits per heavy atom. The average molecular weight is 1730 g/mol. The summed E-state index contributed by atoms with van der Waals surface area (Å²) in [6, 6.07) is -8.60. The number of nitrogens with one attached hydrogen (secondary N) is 3. The van der Waals surface area contributed by atoms with Crippen LogP contribution in [0.15, 0.2) is 0 Å². The van der Waals surface area contributed by atoms with Crippen molar-refractivity contribution in [2.45, 2.75) is 153 Å². The first-order valence-electron chi connectivity index (χ1n) is 23.4. The third-order valence-corrected chi connectivity index (χ3v) is 16.2. The SMILES string of the molecule is CO[C@H]1O[C@H](COS(=O)(=O)[O-])[C@@H](O[C@@H]2O[C@@H](C(=O)[O-])[C@@H](O[C@H]3O[C@H](COS(=O)(=O)[O-])[C@H](O[C@@H]4O[C@H](C(=O)[O-])[C@@H](O[C@H]5O[C@H](COS(=O)(=O)[O-])[C@@H](O)[C@H](O)[C@H]5NS(=O)(=O)[O-])[C@H](O)[C@H]4O)[C@H](OS(=O)(=O)[O-])[C@H]3NS(=O)(=O)[O-])[C@H](O)[C@H]2OS(=O)(=O)[O-])[C@H](O)[C@H]1NS(=O)(=O)[O-].[Na+].[Na+].[Na+].[Na+].[Na+].[Na+].[Na+].[Na+].[Na+].[Na+]. The second kappa shape index (κ2) is 49.0. The van der Waals surface area contributed by atoms with Crippen LogP contribution in [0, 0.1) is 0 Å². The maximum Gasteiger partial charge on any atom is 1.00 e. The van der Waals surface area contributed by atoms with E-state index in [9.17, 15) is 154 Å². The molecule has 70 heteroatoms. The molecule has 9 N–H and O–H groups in total. The van der Waals surface area contributed by atoms with Crippen molar-refractivity contribution in [3.8, 4) is 0 Å². The summed E-state index contributed by atoms with van der Waals surface area (Å²) in [5.41, 5.74) is 0. The van der Waals surface area contributed by atoms with Gasteiger partial charge in [0.15, 0.2) is 68.5 Å². The van der Waals surface area contributed by atoms with Gasteiger partial charge < -0.3 is 134 Å². The number of rotatable bonds is 30. The first kappa shape index (κ1) is 119. The van der Waals surface area contributed by atoms with Gasteiger partial charge >= 0.3 is 296 Å². The van der Waals surface area contributed by atoms with Gasteiger partial charge in [0.2, 0.25) is 52.0 Å². The number of aliphatic hydroxyl groups excluding tert-OH is 6. The molecule has 0 aromatic rings. The number of aliphatic carboxylic acids is 2. The third-order valence-electron chi connectivity index (χ3n) is 12.4. The van der Waals surface area contributed by atoms with E-state index in [-0.39, 0.29) is 296 Å². The molecule has 5 aliphatic rings. The van der Waals surface area contributed by atoms with Gasteiger partial charge in [0.05, 0.1) is 31.8 Å². The smallest absolute Gasteiger partial charge is 0.735 e. The summed E-state index contributed by atoms with van der Waals surface area (Å²) in [7, 11) is -48.4. The number of carbonyl (C=O) groups excluding carboxylic acids is 2. The largest absolute Gasteiger partial charge is 1.00 e. The molecule has 101 heavy (non-hydrogen) atoms. The van der Waals surface area contributed by atoms with Gasteiger partial charge in [-0.05, 0) is 0 Å². The van der Waals surface area contributed by atoms with Crippen molar-refractivity contribution in [3.63, 3.8) is 0 Å². The second-order valence-corrected chi connectivity index (χ2v) is 27.1. The van der Waals surface area contributed by atoms with Crippen molar-refractivity contribution in [1.29, 1.82) is 0 Å². The number of ether oxygens (including phenoxy) is 10. The molecule has 52 nitrogen and oxygen atoms in total. The first-order valence-corrected chi connectivity index (χ1v) is 34.3. The molecular weight excluding hydrogens is 1680 g/mol. The molecule has 0 radical (unpaired) electrons. The van der Waals surface area contributed by atoms with Crippen molar-refractivity contribution in [1.82, 2.24) is 14.2 Å². The molecule has 25 atom stereocenters. The van der Waals surface area contributed by atoms with Crippen LogP contribution in [0.4, 0.5) is 0 Å². The van der Waals surface area contributed by atoms with Gasteiger partial charge in [-0.1, -0.05) is 0 Å². The summed E-state index contributed by atoms with van der Waals surface area (Å²) in [4.78, 5) is 25.5. The Hall–Kier alpha value is 7.26. The number of carboxylic acid groups (broad SMARTS) is 2. The standard InChI is InChI=1S/C31H53N3O49S8.10Na/c1-69-27-9(33-85(48,49)50)13(37)17(6(74-27)3-71-88(57,58)59)76-31-22(83-91(66,67)68)16(40)21(24(81-31)26(43)44)79-29-10(34-86(51,52)53)19(82-90(63,64)65)18(7(75-29)4-72-89(60,61)62)77-30-15(39)14(38)20(23(80-30)25(41)42)78-28-8(32-84(45,46)47)12(36)11(35)5(73-28)2-70-87(54,55)56;;;;;;;;;;/h5-24,27-40H,2-4H2,1H3,(H,41,42)(H,43,44)(H,45,46,47)(H,48,49,50)(H,51,52,53)(H,54,55,56)(H,57,58,59)(H,60,61,62)(H,63,64,65)(H,66,67,68);;;;;;;;;;/q;10*+1/p-10/t5-,6-,7-,8-,9-,10-,11-,12-,13-,14-,15-,16+,17-,18+,19-,20+,21+,22-,23+,24-,27+,28-,29-,30-,31-;;;;;;;;;;/m1........../s1. The molecule has 0 aliphatic carbocycles. The van der Waals surface area contributed by atoms with E-state index in [1.54, 1.807) is 0 Å². The summed E-state index contributed by atoms with van der Waals surface area (Å²) in [5, 5.41) is 92.1. The molecule has 5 heterocycles. The van der Waals surface area contributed by atoms with E-state index in [4.69, 9.17) is 47.4 Å². The Morgan fingerprint density at radius 2 is 0.653 bits per heavy atom. The number of carboxylic acids is 2. The minimum atomic E-state index is -6.68. The van der Waals surface area contributed by atoms with E-state index >= 15 is 0 Å². The van der Waals surface area contributed by atoms with Gasteiger partial charge in [0.25, 0.3) is 0 Å². The molecule has 0 saturated carbocycles. The molecule has 5 rings (SSSR count). The number of carbonyl (C=O) groups is 2. The van der Waals surface area contributed by atoms with Gasteiger partial charge in [-0.2, -0.15) is 0 Å². The predicted molar refractivity (Wildman–Crippen MR) is 242 cm³/mol. The van der Waals surface area contributed by atoms with E-state index in [1.807, 2.05) is 0 Å². The Bertz CT molecular complexity index is 3530. The topological polar surface area (TPSA) is 834 Å². The zero-order valence-corrected chi connectivity index (χ0v) is 80.1. The van der Waals surface area contributed by atoms with Crippen molar-refractivity contribution >= 4 is 94.8 Å². The minimum Gasteiger partial charge on any atom is -0.735 e. The molecule has 0 aromatic carbocycles. The Morgan fingerprint density at radius 3 is 1.04 bits per heavy atom. The molecule has 0 bridgehead atoms. The quantitative estimate of drug-likeness (QED) is 0.0183. The van der Waals surface area contributed by atoms with E-state index in [0.717, 1.165) is 9.44 Å². The number of hydrogen-bond acceptors (Lipinski definition) is 49. The van der Waals surface area contributed by atoms with Gasteiger partial charge in [-0.25, -0.2) is 81.5 Å². The molecule has 5 saturated heterocycles. The third kappa shape index (κ3) is 38.3. The molecule has 5 fully saturated rings. The maximum absolute atomic E-state index is 12.8. The minimum absolute atomic E-state index is 0. The first-order chi connectivity index (χ1) is 41.2. The molecule has 5 aliphatic heterocycles. The molecule has 0 aromatic heterocycles. The number of hydrogen-bond donors (Lipinski definition) is 9. The Balaban J connectivity index is -0.00000226. The van der Waals surface area contributed by atoms with Crippen LogP contribution in [0.3, 0.4) is 0 Å². The fourth-order valence-corrected chi connectivity index (χ4v) is 12.6. The fourth-order valence-electron chi connectivity index (χ4n) is 8.93. The summed E-state index contributed by atoms with van der Waals surface area (Å²) >= 11 is 0. The van der Waals surface area contributed by atoms with Crippen LogP contribution in [0.5, 0.6) is 0 Å². The van der Waals surface area contributed by atoms with Crippen molar-refractivity contribution < 1.29 is 518 Å². The monoisotopic (exact) mass is 1730 g/mol. The Kier molecular flexibility index (Phi) is 57.7. The molecule has 534 valence electrons. The van der Waals surface area contributed by atoms with Gasteiger partial charge in [0, 0.05) is 7.11 Å². The number of aliphatic hydroxyl groups is 6. The molecule has 0 amide bonds. The molecular formula is C31H43N3Na10O49S8. The van der Waals surface area contributed by atoms with Crippen LogP contribution in [0.1, 0.15) is 0 Å². The predicted octanol–water partition coefficient (Wildman–Crippen LogP) is -49.1. The summed E-state index contributed by atoms with van der Waals surface area (Å²) < 4.78 is 359. The van der Waals surface area contributed by atoms with Crippen LogP contribution in [-0.2, 0) is 161 Å². The zero-order chi connectivity index (χ0) is 69.4. The second-order valence-electron chi connectivity index (χ2n) is 18.5. The maximum atomic E-state index is 12.8. The van der Waals surface area contributed by atoms with Crippen LogP contribution in [0.25, 0.3) is 0 Å². The van der Waals surface area contributed by atoms with Crippen molar-refractivity contribution in [2.24, 2.45) is 0 Å². The summed E-state index contributed by atoms with van der Waals surface area (Å²) in [5.74, 6) is -5.54. The van der Waals surface area contributed by atoms with E-state index in [0.29, 0.717) is 7.11 Å². The van der Waals surface area contributed by atoms with E-state index in [2.05, 4.69) is 20.9 Å². The fraction of sp³-hybridized carbons (Fsp3) is 0.935. The average Bonchev–Trinajstić information content (AvgIpc) is 0.764. The van der Waals surface area contributed by atoms with Gasteiger partial charge in [-0.15, -0.1) is 0 Å². The van der Waals surface area contributed by atoms with Crippen LogP contribution in [0.2, 0.25) is 0 Å². The van der Waals surface area contributed by atoms with E-state index < -0.39 is 268 Å². The molecule has 0 unspecified atom stereocenters. The van der Waals surface area contributed by atoms with Crippen molar-refractivity contribution in [2.75, 3.05) is 26.9 Å². The van der Waals surface area contributed by atoms with Gasteiger partial charge in [0.1, 0.15) is 116 Å². The van der Waals surface area contributed by atoms with E-state index in [1.165, 1.54) is 4.72 Å². The van der Waals surface area contributed by atoms with Crippen LogP contribution >= 0.6 is 0 Å². The van der Waals surface area contributed by atoms with Crippen molar-refractivity contribution in [3.05, 3.63) is 0 Å². The summed E-state index contributed by atoms with van der Waals surface area (Å²) in [6.07, 6.45) is -66.6. The van der Waals surface area contributed by atoms with Crippen LogP contribution in [-0.4, -0.2) is 327 Å².